The van der Waals surface area contributed by atoms with Gasteiger partial charge in [0.1, 0.15) is 6.10 Å². The lowest BCUT2D eigenvalue weighted by molar-refractivity contribution is 0.0254. The van der Waals surface area contributed by atoms with Gasteiger partial charge in [-0.3, -0.25) is 0 Å². The van der Waals surface area contributed by atoms with Crippen LogP contribution in [0, 0.1) is 0 Å². The number of hydrogen-bond donors (Lipinski definition) is 2. The number of nitrogens with one attached hydrogen (secondary N) is 1. The number of nitrogens with two attached hydrogens (primary N) is 1. The van der Waals surface area contributed by atoms with E-state index in [0.29, 0.717) is 5.13 Å². The summed E-state index contributed by atoms with van der Waals surface area (Å²) in [6.45, 7) is 2.52. The van der Waals surface area contributed by atoms with Crippen LogP contribution in [0.15, 0.2) is 5.38 Å². The molecule has 1 unspecified atom stereocenters. The molecular weight excluding hydrogens is 174 g/mol. The van der Waals surface area contributed by atoms with Crippen molar-refractivity contribution in [2.24, 2.45) is 0 Å². The Balaban J connectivity index is 2.08. The fourth-order valence-corrected chi connectivity index (χ4v) is 1.81. The summed E-state index contributed by atoms with van der Waals surface area (Å²) in [6.07, 6.45) is 0.0901. The molecule has 1 aliphatic rings. The van der Waals surface area contributed by atoms with Gasteiger partial charge in [0.2, 0.25) is 0 Å². The van der Waals surface area contributed by atoms with Crippen LogP contribution in [0.4, 0.5) is 5.13 Å². The molecule has 1 aromatic rings. The van der Waals surface area contributed by atoms with Crippen molar-refractivity contribution in [1.82, 2.24) is 10.3 Å². The highest BCUT2D eigenvalue weighted by Gasteiger charge is 2.17. The number of aromatic nitrogens is 1. The zero-order valence-electron chi connectivity index (χ0n) is 6.62. The second-order valence-electron chi connectivity index (χ2n) is 2.67. The number of nitrogen functional groups attached to an aromatic ring is 1. The molecular formula is C7H11N3OS. The summed E-state index contributed by atoms with van der Waals surface area (Å²) >= 11 is 1.46. The number of ether oxygens (including phenoxy) is 1. The molecule has 1 atom stereocenters. The summed E-state index contributed by atoms with van der Waals surface area (Å²) in [5.41, 5.74) is 6.47. The maximum atomic E-state index is 5.52. The molecule has 5 heteroatoms. The van der Waals surface area contributed by atoms with Gasteiger partial charge in [-0.15, -0.1) is 11.3 Å². The predicted octanol–water partition coefficient (Wildman–Crippen LogP) is 0.386. The van der Waals surface area contributed by atoms with Gasteiger partial charge in [-0.25, -0.2) is 4.98 Å². The molecule has 12 heavy (non-hydrogen) atoms. The average molecular weight is 185 g/mol. The first kappa shape index (κ1) is 7.97. The number of rotatable bonds is 1. The number of nitrogens with zero attached hydrogens (tertiary/aromatic N) is 1. The zero-order valence-corrected chi connectivity index (χ0v) is 7.43. The SMILES string of the molecule is Nc1nc(C2CNCCO2)cs1. The molecule has 0 saturated carbocycles. The average Bonchev–Trinajstić information content (AvgIpc) is 2.54. The minimum atomic E-state index is 0.0901. The molecule has 4 nitrogen and oxygen atoms in total. The van der Waals surface area contributed by atoms with Gasteiger partial charge in [-0.2, -0.15) is 0 Å². The Bertz CT molecular complexity index is 257. The fourth-order valence-electron chi connectivity index (χ4n) is 1.20. The molecule has 0 radical (unpaired) electrons. The Labute approximate surface area is 74.7 Å². The van der Waals surface area contributed by atoms with Crippen LogP contribution in [0.1, 0.15) is 11.8 Å². The van der Waals surface area contributed by atoms with E-state index in [-0.39, 0.29) is 6.10 Å². The van der Waals surface area contributed by atoms with Crippen LogP contribution in [0.25, 0.3) is 0 Å². The Morgan fingerprint density at radius 2 is 2.67 bits per heavy atom. The summed E-state index contributed by atoms with van der Waals surface area (Å²) in [5.74, 6) is 0. The minimum Gasteiger partial charge on any atom is -0.375 e. The van der Waals surface area contributed by atoms with Crippen molar-refractivity contribution in [1.29, 1.82) is 0 Å². The summed E-state index contributed by atoms with van der Waals surface area (Å²) in [5, 5.41) is 5.80. The quantitative estimate of drug-likeness (QED) is 0.664. The number of hydrogen-bond acceptors (Lipinski definition) is 5. The van der Waals surface area contributed by atoms with Crippen LogP contribution in [0.3, 0.4) is 0 Å². The van der Waals surface area contributed by atoms with Crippen molar-refractivity contribution >= 4 is 16.5 Å². The van der Waals surface area contributed by atoms with E-state index in [4.69, 9.17) is 10.5 Å². The largest absolute Gasteiger partial charge is 0.375 e. The monoisotopic (exact) mass is 185 g/mol. The van der Waals surface area contributed by atoms with Crippen LogP contribution in [-0.4, -0.2) is 24.7 Å². The van der Waals surface area contributed by atoms with Crippen molar-refractivity contribution in [3.8, 4) is 0 Å². The van der Waals surface area contributed by atoms with E-state index in [0.717, 1.165) is 25.4 Å². The van der Waals surface area contributed by atoms with Gasteiger partial charge in [0, 0.05) is 18.5 Å². The predicted molar refractivity (Wildman–Crippen MR) is 48.1 cm³/mol. The standard InChI is InChI=1S/C7H11N3OS/c8-7-10-5(4-12-7)6-3-9-1-2-11-6/h4,6,9H,1-3H2,(H2,8,10). The van der Waals surface area contributed by atoms with Crippen molar-refractivity contribution in [2.45, 2.75) is 6.10 Å². The Morgan fingerprint density at radius 1 is 1.75 bits per heavy atom. The van der Waals surface area contributed by atoms with E-state index in [2.05, 4.69) is 10.3 Å². The van der Waals surface area contributed by atoms with Crippen LogP contribution in [0.5, 0.6) is 0 Å². The lowest BCUT2D eigenvalue weighted by atomic mass is 10.2. The lowest BCUT2D eigenvalue weighted by Crippen LogP contribution is -2.33. The van der Waals surface area contributed by atoms with Crippen molar-refractivity contribution in [2.75, 3.05) is 25.4 Å². The first-order chi connectivity index (χ1) is 5.86. The second-order valence-corrected chi connectivity index (χ2v) is 3.56. The van der Waals surface area contributed by atoms with E-state index >= 15 is 0 Å². The lowest BCUT2D eigenvalue weighted by Gasteiger charge is -2.21. The van der Waals surface area contributed by atoms with Gasteiger partial charge < -0.3 is 15.8 Å². The molecule has 0 amide bonds. The molecule has 1 aliphatic heterocycles. The first-order valence-electron chi connectivity index (χ1n) is 3.89. The molecule has 0 bridgehead atoms. The van der Waals surface area contributed by atoms with Crippen molar-refractivity contribution in [3.05, 3.63) is 11.1 Å². The van der Waals surface area contributed by atoms with Crippen LogP contribution >= 0.6 is 11.3 Å². The molecule has 1 fully saturated rings. The molecule has 66 valence electrons. The number of anilines is 1. The third-order valence-electron chi connectivity index (χ3n) is 1.80. The maximum Gasteiger partial charge on any atom is 0.180 e. The molecule has 2 heterocycles. The van der Waals surface area contributed by atoms with Gasteiger partial charge in [-0.05, 0) is 0 Å². The highest BCUT2D eigenvalue weighted by Crippen LogP contribution is 2.21. The molecule has 0 aliphatic carbocycles. The fraction of sp³-hybridized carbons (Fsp3) is 0.571. The summed E-state index contributed by atoms with van der Waals surface area (Å²) in [4.78, 5) is 4.17. The first-order valence-corrected chi connectivity index (χ1v) is 4.77. The second kappa shape index (κ2) is 3.38. The van der Waals surface area contributed by atoms with E-state index in [1.165, 1.54) is 11.3 Å². The number of thiazole rings is 1. The van der Waals surface area contributed by atoms with Gasteiger partial charge in [0.25, 0.3) is 0 Å². The van der Waals surface area contributed by atoms with Gasteiger partial charge in [-0.1, -0.05) is 0 Å². The normalized spacial score (nSPS) is 24.2. The summed E-state index contributed by atoms with van der Waals surface area (Å²) in [7, 11) is 0. The highest BCUT2D eigenvalue weighted by atomic mass is 32.1. The minimum absolute atomic E-state index is 0.0901. The third kappa shape index (κ3) is 1.57. The third-order valence-corrected chi connectivity index (χ3v) is 2.49. The van der Waals surface area contributed by atoms with E-state index in [1.54, 1.807) is 0 Å². The van der Waals surface area contributed by atoms with E-state index in [1.807, 2.05) is 5.38 Å². The highest BCUT2D eigenvalue weighted by molar-refractivity contribution is 7.13. The number of morpholine rings is 1. The van der Waals surface area contributed by atoms with E-state index in [9.17, 15) is 0 Å². The topological polar surface area (TPSA) is 60.2 Å². The van der Waals surface area contributed by atoms with Crippen LogP contribution in [0.2, 0.25) is 0 Å². The van der Waals surface area contributed by atoms with Crippen LogP contribution in [-0.2, 0) is 4.74 Å². The zero-order chi connectivity index (χ0) is 8.39. The molecule has 0 spiro atoms. The Kier molecular flexibility index (Phi) is 2.25. The van der Waals surface area contributed by atoms with E-state index < -0.39 is 0 Å². The molecule has 3 N–H and O–H groups in total. The molecule has 2 rings (SSSR count). The van der Waals surface area contributed by atoms with Crippen molar-refractivity contribution < 1.29 is 4.74 Å². The van der Waals surface area contributed by atoms with Crippen molar-refractivity contribution in [3.63, 3.8) is 0 Å². The van der Waals surface area contributed by atoms with Gasteiger partial charge in [0.05, 0.1) is 12.3 Å². The molecule has 1 saturated heterocycles. The molecule has 1 aromatic heterocycles. The Morgan fingerprint density at radius 3 is 3.25 bits per heavy atom. The summed E-state index contributed by atoms with van der Waals surface area (Å²) in [6, 6.07) is 0. The molecule has 0 aromatic carbocycles. The Hall–Kier alpha value is -0.650. The maximum absolute atomic E-state index is 5.52. The van der Waals surface area contributed by atoms with Gasteiger partial charge >= 0.3 is 0 Å². The smallest absolute Gasteiger partial charge is 0.180 e. The van der Waals surface area contributed by atoms with Gasteiger partial charge in [0.15, 0.2) is 5.13 Å². The van der Waals surface area contributed by atoms with Crippen LogP contribution < -0.4 is 11.1 Å². The summed E-state index contributed by atoms with van der Waals surface area (Å²) < 4.78 is 5.50.